The summed E-state index contributed by atoms with van der Waals surface area (Å²) in [6, 6.07) is 19.1. The van der Waals surface area contributed by atoms with Gasteiger partial charge in [-0.1, -0.05) is 48.6 Å². The molecule has 0 saturated carbocycles. The summed E-state index contributed by atoms with van der Waals surface area (Å²) in [5, 5.41) is 3.68. The fourth-order valence-corrected chi connectivity index (χ4v) is 4.90. The van der Waals surface area contributed by atoms with Gasteiger partial charge in [0, 0.05) is 55.6 Å². The third kappa shape index (κ3) is 6.58. The first-order chi connectivity index (χ1) is 19.2. The Balaban J connectivity index is 1.30. The van der Waals surface area contributed by atoms with Crippen LogP contribution in [0.25, 0.3) is 23.1 Å². The number of likely N-dealkylation sites (N-methyl/N-ethyl adjacent to an activating group) is 1. The minimum absolute atomic E-state index is 0.109. The van der Waals surface area contributed by atoms with Crippen LogP contribution < -0.4 is 5.32 Å². The van der Waals surface area contributed by atoms with Gasteiger partial charge in [-0.05, 0) is 66.6 Å². The molecule has 1 fully saturated rings. The number of fused-ring (bicyclic) bond motifs is 1. The number of hydrogen-bond donors (Lipinski definition) is 1. The van der Waals surface area contributed by atoms with Gasteiger partial charge in [0.15, 0.2) is 0 Å². The Morgan fingerprint density at radius 1 is 0.950 bits per heavy atom. The number of halogens is 3. The molecular weight excluding hydrogens is 513 g/mol. The number of aromatic nitrogens is 1. The molecule has 0 bridgehead atoms. The van der Waals surface area contributed by atoms with E-state index in [0.29, 0.717) is 18.7 Å². The van der Waals surface area contributed by atoms with Gasteiger partial charge in [0.25, 0.3) is 5.91 Å². The van der Waals surface area contributed by atoms with Crippen molar-refractivity contribution >= 4 is 34.6 Å². The van der Waals surface area contributed by atoms with Gasteiger partial charge >= 0.3 is 6.18 Å². The Hall–Kier alpha value is -4.01. The van der Waals surface area contributed by atoms with Crippen LogP contribution in [0.3, 0.4) is 0 Å². The highest BCUT2D eigenvalue weighted by molar-refractivity contribution is 6.04. The summed E-state index contributed by atoms with van der Waals surface area (Å²) in [7, 11) is 2.00. The smallest absolute Gasteiger partial charge is 0.322 e. The van der Waals surface area contributed by atoms with E-state index in [9.17, 15) is 18.0 Å². The molecular formula is C32H31F3N4O. The first-order valence-electron chi connectivity index (χ1n) is 13.2. The van der Waals surface area contributed by atoms with Gasteiger partial charge < -0.3 is 10.2 Å². The number of aryl methyl sites for hydroxylation is 1. The van der Waals surface area contributed by atoms with E-state index in [4.69, 9.17) is 0 Å². The van der Waals surface area contributed by atoms with Crippen molar-refractivity contribution in [3.8, 4) is 0 Å². The maximum absolute atomic E-state index is 13.9. The standard InChI is InChI=1S/C32H31F3N4O/c1-22-5-3-7-25-18-24(20-36-30(22)25)10-9-23-6-4-8-26(17-23)31(40)37-28-12-11-27(29(19-28)32(33,34)35)21-39-15-13-38(2)14-16-39/h3-12,17-20H,13-16,21H2,1-2H3,(H,37,40)/b10-9-. The first kappa shape index (κ1) is 27.6. The van der Waals surface area contributed by atoms with Crippen LogP contribution in [0.1, 0.15) is 38.2 Å². The molecule has 1 amide bonds. The van der Waals surface area contributed by atoms with Gasteiger partial charge in [0.05, 0.1) is 11.1 Å². The van der Waals surface area contributed by atoms with Crippen molar-refractivity contribution in [3.63, 3.8) is 0 Å². The molecule has 3 aromatic carbocycles. The number of piperazine rings is 1. The molecule has 4 aromatic rings. The van der Waals surface area contributed by atoms with Crippen molar-refractivity contribution in [2.24, 2.45) is 0 Å². The number of carbonyl (C=O) groups is 1. The number of amides is 1. The number of hydrogen-bond acceptors (Lipinski definition) is 4. The van der Waals surface area contributed by atoms with Gasteiger partial charge in [0.1, 0.15) is 0 Å². The molecule has 1 aliphatic rings. The average molecular weight is 545 g/mol. The number of nitrogens with zero attached hydrogens (tertiary/aromatic N) is 3. The molecule has 40 heavy (non-hydrogen) atoms. The van der Waals surface area contributed by atoms with E-state index in [2.05, 4.69) is 15.2 Å². The molecule has 0 aliphatic carbocycles. The molecule has 0 radical (unpaired) electrons. The highest BCUT2D eigenvalue weighted by Gasteiger charge is 2.34. The number of anilines is 1. The Morgan fingerprint density at radius 2 is 1.70 bits per heavy atom. The third-order valence-corrected chi connectivity index (χ3v) is 7.21. The Kier molecular flexibility index (Phi) is 8.00. The lowest BCUT2D eigenvalue weighted by atomic mass is 10.0. The zero-order chi connectivity index (χ0) is 28.3. The summed E-state index contributed by atoms with van der Waals surface area (Å²) in [5.74, 6) is -0.474. The second kappa shape index (κ2) is 11.6. The lowest BCUT2D eigenvalue weighted by Crippen LogP contribution is -2.44. The van der Waals surface area contributed by atoms with Crippen molar-refractivity contribution in [1.29, 1.82) is 0 Å². The SMILES string of the molecule is Cc1cccc2cc(/C=C\c3cccc(C(=O)Nc4ccc(CN5CCN(C)CC5)c(C(F)(F)F)c4)c3)cnc12. The van der Waals surface area contributed by atoms with Gasteiger partial charge in [-0.2, -0.15) is 13.2 Å². The zero-order valence-electron chi connectivity index (χ0n) is 22.5. The normalized spacial score (nSPS) is 15.1. The molecule has 2 heterocycles. The van der Waals surface area contributed by atoms with Gasteiger partial charge in [-0.15, -0.1) is 0 Å². The van der Waals surface area contributed by atoms with E-state index in [1.54, 1.807) is 24.4 Å². The van der Waals surface area contributed by atoms with Crippen molar-refractivity contribution in [1.82, 2.24) is 14.8 Å². The number of alkyl halides is 3. The molecule has 8 heteroatoms. The van der Waals surface area contributed by atoms with Crippen LogP contribution in [0, 0.1) is 6.92 Å². The predicted molar refractivity (Wildman–Crippen MR) is 154 cm³/mol. The molecule has 0 unspecified atom stereocenters. The molecule has 0 atom stereocenters. The van der Waals surface area contributed by atoms with Crippen molar-refractivity contribution < 1.29 is 18.0 Å². The highest BCUT2D eigenvalue weighted by Crippen LogP contribution is 2.34. The van der Waals surface area contributed by atoms with Crippen LogP contribution in [0.2, 0.25) is 0 Å². The summed E-state index contributed by atoms with van der Waals surface area (Å²) in [6.07, 6.45) is 1.07. The number of para-hydroxylation sites is 1. The molecule has 206 valence electrons. The number of pyridine rings is 1. The van der Waals surface area contributed by atoms with Crippen LogP contribution in [0.4, 0.5) is 18.9 Å². The topological polar surface area (TPSA) is 48.5 Å². The third-order valence-electron chi connectivity index (χ3n) is 7.21. The molecule has 5 nitrogen and oxygen atoms in total. The van der Waals surface area contributed by atoms with Gasteiger partial charge in [-0.3, -0.25) is 14.7 Å². The second-order valence-electron chi connectivity index (χ2n) is 10.3. The first-order valence-corrected chi connectivity index (χ1v) is 13.2. The van der Waals surface area contributed by atoms with E-state index in [1.807, 2.05) is 61.4 Å². The molecule has 5 rings (SSSR count). The van der Waals surface area contributed by atoms with E-state index in [1.165, 1.54) is 12.1 Å². The summed E-state index contributed by atoms with van der Waals surface area (Å²) in [4.78, 5) is 21.7. The van der Waals surface area contributed by atoms with E-state index >= 15 is 0 Å². The zero-order valence-corrected chi connectivity index (χ0v) is 22.5. The number of carbonyl (C=O) groups excluding carboxylic acids is 1. The highest BCUT2D eigenvalue weighted by atomic mass is 19.4. The fourth-order valence-electron chi connectivity index (χ4n) is 4.90. The molecule has 0 spiro atoms. The summed E-state index contributed by atoms with van der Waals surface area (Å²) < 4.78 is 41.8. The Labute approximate surface area is 231 Å². The van der Waals surface area contributed by atoms with Crippen molar-refractivity contribution in [3.05, 3.63) is 106 Å². The minimum Gasteiger partial charge on any atom is -0.322 e. The second-order valence-corrected chi connectivity index (χ2v) is 10.3. The summed E-state index contributed by atoms with van der Waals surface area (Å²) in [5.41, 5.74) is 3.72. The monoisotopic (exact) mass is 544 g/mol. The maximum atomic E-state index is 13.9. The van der Waals surface area contributed by atoms with Gasteiger partial charge in [0.2, 0.25) is 0 Å². The lowest BCUT2D eigenvalue weighted by molar-refractivity contribution is -0.138. The Bertz CT molecular complexity index is 1560. The molecule has 1 aromatic heterocycles. The predicted octanol–water partition coefficient (Wildman–Crippen LogP) is 6.73. The van der Waals surface area contributed by atoms with Crippen molar-refractivity contribution in [2.75, 3.05) is 38.5 Å². The maximum Gasteiger partial charge on any atom is 0.416 e. The van der Waals surface area contributed by atoms with Crippen molar-refractivity contribution in [2.45, 2.75) is 19.6 Å². The largest absolute Gasteiger partial charge is 0.416 e. The minimum atomic E-state index is -4.52. The Morgan fingerprint density at radius 3 is 2.48 bits per heavy atom. The van der Waals surface area contributed by atoms with Crippen LogP contribution in [-0.2, 0) is 12.7 Å². The van der Waals surface area contributed by atoms with Crippen LogP contribution >= 0.6 is 0 Å². The van der Waals surface area contributed by atoms with E-state index < -0.39 is 17.6 Å². The summed E-state index contributed by atoms with van der Waals surface area (Å²) in [6.45, 7) is 5.32. The number of rotatable bonds is 6. The van der Waals surface area contributed by atoms with E-state index in [0.717, 1.165) is 46.7 Å². The fraction of sp³-hybridized carbons (Fsp3) is 0.250. The van der Waals surface area contributed by atoms with Crippen LogP contribution in [0.15, 0.2) is 72.9 Å². The van der Waals surface area contributed by atoms with Crippen LogP contribution in [-0.4, -0.2) is 53.9 Å². The number of benzene rings is 3. The quantitative estimate of drug-likeness (QED) is 0.292. The molecule has 1 aliphatic heterocycles. The van der Waals surface area contributed by atoms with E-state index in [-0.39, 0.29) is 17.8 Å². The summed E-state index contributed by atoms with van der Waals surface area (Å²) >= 11 is 0. The average Bonchev–Trinajstić information content (AvgIpc) is 2.93. The lowest BCUT2D eigenvalue weighted by Gasteiger charge is -2.33. The van der Waals surface area contributed by atoms with Crippen LogP contribution in [0.5, 0.6) is 0 Å². The molecule has 1 saturated heterocycles. The van der Waals surface area contributed by atoms with Gasteiger partial charge in [-0.25, -0.2) is 0 Å². The molecule has 1 N–H and O–H groups in total. The number of nitrogens with one attached hydrogen (secondary N) is 1.